The number of aryl methyl sites for hydroxylation is 1. The van der Waals surface area contributed by atoms with Gasteiger partial charge >= 0.3 is 0 Å². The van der Waals surface area contributed by atoms with Gasteiger partial charge in [-0.15, -0.1) is 0 Å². The fraction of sp³-hybridized carbons (Fsp3) is 0.455. The maximum atomic E-state index is 11.7. The van der Waals surface area contributed by atoms with Gasteiger partial charge in [0.25, 0.3) is 5.56 Å². The van der Waals surface area contributed by atoms with Crippen molar-refractivity contribution in [3.63, 3.8) is 0 Å². The highest BCUT2D eigenvalue weighted by Gasteiger charge is 2.19. The van der Waals surface area contributed by atoms with Crippen molar-refractivity contribution in [3.8, 4) is 0 Å². The summed E-state index contributed by atoms with van der Waals surface area (Å²) in [6, 6.07) is 3.49. The molecule has 3 rings (SSSR count). The summed E-state index contributed by atoms with van der Waals surface area (Å²) in [5.41, 5.74) is 1.48. The number of nitrogens with zero attached hydrogens (tertiary/aromatic N) is 2. The van der Waals surface area contributed by atoms with E-state index >= 15 is 0 Å². The topological polar surface area (TPSA) is 71.4 Å². The van der Waals surface area contributed by atoms with E-state index in [1.54, 1.807) is 6.07 Å². The Morgan fingerprint density at radius 3 is 3.18 bits per heavy atom. The molecule has 0 spiro atoms. The fourth-order valence-corrected chi connectivity index (χ4v) is 2.04. The summed E-state index contributed by atoms with van der Waals surface area (Å²) >= 11 is 0. The highest BCUT2D eigenvalue weighted by Crippen LogP contribution is 2.12. The van der Waals surface area contributed by atoms with Gasteiger partial charge in [-0.1, -0.05) is 0 Å². The zero-order chi connectivity index (χ0) is 11.8. The second-order valence-electron chi connectivity index (χ2n) is 4.26. The van der Waals surface area contributed by atoms with Crippen LogP contribution in [0, 0.1) is 6.92 Å². The summed E-state index contributed by atoms with van der Waals surface area (Å²) in [6.07, 6.45) is 0. The number of hydrogen-bond donors (Lipinski definition) is 2. The lowest BCUT2D eigenvalue weighted by Crippen LogP contribution is -2.35. The number of morpholine rings is 1. The zero-order valence-corrected chi connectivity index (χ0v) is 9.56. The molecule has 0 amide bonds. The Hall–Kier alpha value is -1.66. The monoisotopic (exact) mass is 234 g/mol. The second-order valence-corrected chi connectivity index (χ2v) is 4.26. The second kappa shape index (κ2) is 3.97. The Kier molecular flexibility index (Phi) is 2.45. The first-order chi connectivity index (χ1) is 8.24. The van der Waals surface area contributed by atoms with Gasteiger partial charge in [-0.3, -0.25) is 9.89 Å². The molecular weight excluding hydrogens is 220 g/mol. The number of ether oxygens (including phenoxy) is 1. The smallest absolute Gasteiger partial charge is 0.271 e. The molecule has 3 heterocycles. The summed E-state index contributed by atoms with van der Waals surface area (Å²) in [4.78, 5) is 16.2. The Morgan fingerprint density at radius 2 is 2.41 bits per heavy atom. The molecule has 2 aromatic heterocycles. The van der Waals surface area contributed by atoms with Crippen molar-refractivity contribution in [3.05, 3.63) is 33.9 Å². The van der Waals surface area contributed by atoms with Gasteiger partial charge in [0.05, 0.1) is 19.3 Å². The van der Waals surface area contributed by atoms with Crippen LogP contribution in [0.15, 0.2) is 16.9 Å². The molecule has 90 valence electrons. The van der Waals surface area contributed by atoms with Crippen molar-refractivity contribution < 1.29 is 4.74 Å². The van der Waals surface area contributed by atoms with Gasteiger partial charge in [-0.25, -0.2) is 9.50 Å². The first-order valence-electron chi connectivity index (χ1n) is 5.64. The minimum Gasteiger partial charge on any atom is -0.378 e. The van der Waals surface area contributed by atoms with Crippen molar-refractivity contribution in [2.75, 3.05) is 19.8 Å². The van der Waals surface area contributed by atoms with Gasteiger partial charge in [0.1, 0.15) is 5.82 Å². The fourth-order valence-electron chi connectivity index (χ4n) is 2.04. The average Bonchev–Trinajstić information content (AvgIpc) is 2.74. The molecule has 0 bridgehead atoms. The van der Waals surface area contributed by atoms with Gasteiger partial charge in [0, 0.05) is 12.6 Å². The largest absolute Gasteiger partial charge is 0.378 e. The van der Waals surface area contributed by atoms with E-state index in [2.05, 4.69) is 15.4 Å². The van der Waals surface area contributed by atoms with Gasteiger partial charge in [0.2, 0.25) is 0 Å². The van der Waals surface area contributed by atoms with E-state index in [-0.39, 0.29) is 11.6 Å². The van der Waals surface area contributed by atoms with Crippen LogP contribution in [0.5, 0.6) is 0 Å². The molecule has 2 N–H and O–H groups in total. The Bertz CT molecular complexity index is 595. The lowest BCUT2D eigenvalue weighted by atomic mass is 10.2. The molecule has 17 heavy (non-hydrogen) atoms. The number of rotatable bonds is 1. The number of fused-ring (bicyclic) bond motifs is 1. The van der Waals surface area contributed by atoms with Crippen LogP contribution in [0.4, 0.5) is 0 Å². The van der Waals surface area contributed by atoms with Crippen LogP contribution >= 0.6 is 0 Å². The molecule has 1 atom stereocenters. The number of aromatic amines is 1. The molecule has 1 aliphatic heterocycles. The third-order valence-corrected chi connectivity index (χ3v) is 2.87. The number of H-pyrrole nitrogens is 1. The predicted octanol–water partition coefficient (Wildman–Crippen LogP) is -0.00808. The number of aromatic nitrogens is 3. The van der Waals surface area contributed by atoms with Crippen LogP contribution in [-0.2, 0) is 4.74 Å². The van der Waals surface area contributed by atoms with Gasteiger partial charge in [-0.05, 0) is 18.6 Å². The third kappa shape index (κ3) is 1.85. The van der Waals surface area contributed by atoms with E-state index in [4.69, 9.17) is 4.74 Å². The van der Waals surface area contributed by atoms with Gasteiger partial charge in [0.15, 0.2) is 5.65 Å². The van der Waals surface area contributed by atoms with Crippen LogP contribution < -0.4 is 10.9 Å². The summed E-state index contributed by atoms with van der Waals surface area (Å²) in [7, 11) is 0. The minimum absolute atomic E-state index is 0.0309. The van der Waals surface area contributed by atoms with Gasteiger partial charge < -0.3 is 10.1 Å². The van der Waals surface area contributed by atoms with E-state index in [1.807, 2.05) is 13.0 Å². The van der Waals surface area contributed by atoms with E-state index in [0.717, 1.165) is 24.5 Å². The molecule has 6 heteroatoms. The van der Waals surface area contributed by atoms with E-state index in [9.17, 15) is 4.79 Å². The molecule has 1 aliphatic rings. The summed E-state index contributed by atoms with van der Waals surface area (Å²) in [5, 5.41) is 6.31. The normalized spacial score (nSPS) is 20.9. The SMILES string of the molecule is Cc1cc(=O)n2[nH]c(C3COCCN3)nc2c1. The predicted molar refractivity (Wildman–Crippen MR) is 62.1 cm³/mol. The maximum absolute atomic E-state index is 11.7. The Balaban J connectivity index is 2.06. The summed E-state index contributed by atoms with van der Waals surface area (Å²) < 4.78 is 6.83. The van der Waals surface area contributed by atoms with Crippen molar-refractivity contribution in [2.45, 2.75) is 13.0 Å². The summed E-state index contributed by atoms with van der Waals surface area (Å²) in [5.74, 6) is 0.743. The molecular formula is C11H14N4O2. The quantitative estimate of drug-likeness (QED) is 0.728. The molecule has 0 aromatic carbocycles. The highest BCUT2D eigenvalue weighted by atomic mass is 16.5. The van der Waals surface area contributed by atoms with Crippen LogP contribution in [0.3, 0.4) is 0 Å². The van der Waals surface area contributed by atoms with Crippen molar-refractivity contribution in [1.82, 2.24) is 19.9 Å². The lowest BCUT2D eigenvalue weighted by molar-refractivity contribution is 0.0743. The first-order valence-corrected chi connectivity index (χ1v) is 5.64. The molecule has 1 fully saturated rings. The van der Waals surface area contributed by atoms with E-state index < -0.39 is 0 Å². The number of hydrogen-bond acceptors (Lipinski definition) is 4. The molecule has 1 unspecified atom stereocenters. The molecule has 2 aromatic rings. The molecule has 6 nitrogen and oxygen atoms in total. The minimum atomic E-state index is -0.0875. The number of pyridine rings is 1. The van der Waals surface area contributed by atoms with E-state index in [0.29, 0.717) is 12.3 Å². The average molecular weight is 234 g/mol. The van der Waals surface area contributed by atoms with Crippen LogP contribution in [0.1, 0.15) is 17.4 Å². The summed E-state index contributed by atoms with van der Waals surface area (Å²) in [6.45, 7) is 3.98. The van der Waals surface area contributed by atoms with Crippen LogP contribution in [0.2, 0.25) is 0 Å². The first kappa shape index (κ1) is 10.5. The van der Waals surface area contributed by atoms with Crippen molar-refractivity contribution >= 4 is 5.65 Å². The van der Waals surface area contributed by atoms with Crippen LogP contribution in [-0.4, -0.2) is 34.4 Å². The molecule has 0 saturated carbocycles. The maximum Gasteiger partial charge on any atom is 0.271 e. The number of nitrogens with one attached hydrogen (secondary N) is 2. The Labute approximate surface area is 97.6 Å². The third-order valence-electron chi connectivity index (χ3n) is 2.87. The van der Waals surface area contributed by atoms with Crippen molar-refractivity contribution in [1.29, 1.82) is 0 Å². The lowest BCUT2D eigenvalue weighted by Gasteiger charge is -2.21. The van der Waals surface area contributed by atoms with Gasteiger partial charge in [-0.2, -0.15) is 0 Å². The van der Waals surface area contributed by atoms with E-state index in [1.165, 1.54) is 4.52 Å². The molecule has 1 saturated heterocycles. The van der Waals surface area contributed by atoms with Crippen molar-refractivity contribution in [2.24, 2.45) is 0 Å². The molecule has 0 radical (unpaired) electrons. The zero-order valence-electron chi connectivity index (χ0n) is 9.56. The van der Waals surface area contributed by atoms with Crippen LogP contribution in [0.25, 0.3) is 5.65 Å². The Morgan fingerprint density at radius 1 is 1.53 bits per heavy atom. The molecule has 0 aliphatic carbocycles. The standard InChI is InChI=1S/C11H14N4O2/c1-7-4-9-13-11(8-6-17-3-2-12-8)14-15(9)10(16)5-7/h4-5,8,12H,2-3,6H2,1H3,(H,13,14). The highest BCUT2D eigenvalue weighted by molar-refractivity contribution is 5.40.